The molecule has 0 saturated carbocycles. The SMILES string of the molecule is COc1cc(C(=O)c2cn(C)c3cc4c(cc23)OCO4)cc(OC)c1OC. The molecule has 0 N–H and O–H groups in total. The summed E-state index contributed by atoms with van der Waals surface area (Å²) < 4.78 is 28.8. The van der Waals surface area contributed by atoms with E-state index >= 15 is 0 Å². The minimum Gasteiger partial charge on any atom is -0.493 e. The first-order chi connectivity index (χ1) is 13.1. The fourth-order valence-electron chi connectivity index (χ4n) is 3.32. The standard InChI is InChI=1S/C20H19NO6/c1-21-9-13(12-7-15-16(8-14(12)21)27-10-26-15)19(22)11-5-17(23-2)20(25-4)18(6-11)24-3/h5-9H,10H2,1-4H3. The maximum atomic E-state index is 13.3. The van der Waals surface area contributed by atoms with Gasteiger partial charge in [0.15, 0.2) is 28.8 Å². The van der Waals surface area contributed by atoms with E-state index in [2.05, 4.69) is 0 Å². The average molecular weight is 369 g/mol. The van der Waals surface area contributed by atoms with Crippen LogP contribution in [-0.4, -0.2) is 38.5 Å². The van der Waals surface area contributed by atoms with E-state index in [0.717, 1.165) is 10.9 Å². The van der Waals surface area contributed by atoms with Crippen LogP contribution in [0.15, 0.2) is 30.5 Å². The van der Waals surface area contributed by atoms with Crippen LogP contribution >= 0.6 is 0 Å². The van der Waals surface area contributed by atoms with E-state index in [1.54, 1.807) is 18.3 Å². The van der Waals surface area contributed by atoms with Crippen molar-refractivity contribution in [1.29, 1.82) is 0 Å². The maximum Gasteiger partial charge on any atom is 0.231 e. The summed E-state index contributed by atoms with van der Waals surface area (Å²) in [7, 11) is 6.44. The van der Waals surface area contributed by atoms with Gasteiger partial charge in [-0.25, -0.2) is 0 Å². The third-order valence-electron chi connectivity index (χ3n) is 4.66. The zero-order valence-corrected chi connectivity index (χ0v) is 15.5. The van der Waals surface area contributed by atoms with Gasteiger partial charge in [0.2, 0.25) is 12.5 Å². The second-order valence-electron chi connectivity index (χ2n) is 6.12. The van der Waals surface area contributed by atoms with Gasteiger partial charge in [0, 0.05) is 35.8 Å². The minimum atomic E-state index is -0.154. The van der Waals surface area contributed by atoms with Crippen molar-refractivity contribution in [3.63, 3.8) is 0 Å². The summed E-state index contributed by atoms with van der Waals surface area (Å²) in [5.74, 6) is 2.45. The molecule has 0 radical (unpaired) electrons. The number of rotatable bonds is 5. The lowest BCUT2D eigenvalue weighted by molar-refractivity contribution is 0.103. The Bertz CT molecular complexity index is 1030. The van der Waals surface area contributed by atoms with Gasteiger partial charge < -0.3 is 28.3 Å². The van der Waals surface area contributed by atoms with Crippen LogP contribution in [0.5, 0.6) is 28.7 Å². The molecule has 3 aromatic rings. The van der Waals surface area contributed by atoms with Gasteiger partial charge in [-0.3, -0.25) is 4.79 Å². The number of hydrogen-bond donors (Lipinski definition) is 0. The Morgan fingerprint density at radius 3 is 2.19 bits per heavy atom. The monoisotopic (exact) mass is 369 g/mol. The molecule has 0 aliphatic carbocycles. The van der Waals surface area contributed by atoms with Gasteiger partial charge in [0.25, 0.3) is 0 Å². The average Bonchev–Trinajstić information content (AvgIpc) is 3.28. The molecule has 27 heavy (non-hydrogen) atoms. The number of ketones is 1. The molecule has 0 spiro atoms. The number of benzene rings is 2. The van der Waals surface area contributed by atoms with E-state index in [-0.39, 0.29) is 12.6 Å². The Morgan fingerprint density at radius 2 is 1.59 bits per heavy atom. The van der Waals surface area contributed by atoms with Crippen LogP contribution in [0, 0.1) is 0 Å². The van der Waals surface area contributed by atoms with Gasteiger partial charge >= 0.3 is 0 Å². The Kier molecular flexibility index (Phi) is 4.07. The van der Waals surface area contributed by atoms with Gasteiger partial charge in [-0.1, -0.05) is 0 Å². The zero-order valence-electron chi connectivity index (χ0n) is 15.5. The predicted octanol–water partition coefficient (Wildman–Crippen LogP) is 3.16. The van der Waals surface area contributed by atoms with Gasteiger partial charge in [-0.15, -0.1) is 0 Å². The Labute approximate surface area is 156 Å². The highest BCUT2D eigenvalue weighted by Crippen LogP contribution is 2.41. The molecule has 1 aliphatic heterocycles. The lowest BCUT2D eigenvalue weighted by atomic mass is 10.0. The van der Waals surface area contributed by atoms with Crippen molar-refractivity contribution in [2.45, 2.75) is 0 Å². The lowest BCUT2D eigenvalue weighted by Gasteiger charge is -2.13. The molecule has 0 saturated heterocycles. The van der Waals surface area contributed by atoms with Crippen molar-refractivity contribution in [2.24, 2.45) is 7.05 Å². The fraction of sp³-hybridized carbons (Fsp3) is 0.250. The number of aryl methyl sites for hydroxylation is 1. The fourth-order valence-corrected chi connectivity index (χ4v) is 3.32. The van der Waals surface area contributed by atoms with E-state index in [0.29, 0.717) is 39.9 Å². The molecule has 7 nitrogen and oxygen atoms in total. The first-order valence-corrected chi connectivity index (χ1v) is 8.30. The van der Waals surface area contributed by atoms with Crippen LogP contribution in [0.4, 0.5) is 0 Å². The number of carbonyl (C=O) groups excluding carboxylic acids is 1. The van der Waals surface area contributed by atoms with Gasteiger partial charge in [0.1, 0.15) is 0 Å². The number of hydrogen-bond acceptors (Lipinski definition) is 6. The highest BCUT2D eigenvalue weighted by atomic mass is 16.7. The largest absolute Gasteiger partial charge is 0.493 e. The highest BCUT2D eigenvalue weighted by Gasteiger charge is 2.23. The summed E-state index contributed by atoms with van der Waals surface area (Å²) in [4.78, 5) is 13.3. The topological polar surface area (TPSA) is 68.2 Å². The summed E-state index contributed by atoms with van der Waals surface area (Å²) >= 11 is 0. The number of aromatic nitrogens is 1. The number of nitrogens with zero attached hydrogens (tertiary/aromatic N) is 1. The summed E-state index contributed by atoms with van der Waals surface area (Å²) in [6.45, 7) is 0.182. The second kappa shape index (κ2) is 6.42. The third kappa shape index (κ3) is 2.63. The maximum absolute atomic E-state index is 13.3. The molecule has 1 aromatic heterocycles. The molecule has 1 aliphatic rings. The molecule has 2 heterocycles. The number of methoxy groups -OCH3 is 3. The Balaban J connectivity index is 1.86. The van der Waals surface area contributed by atoms with Gasteiger partial charge in [0.05, 0.1) is 26.8 Å². The van der Waals surface area contributed by atoms with Crippen molar-refractivity contribution in [2.75, 3.05) is 28.1 Å². The van der Waals surface area contributed by atoms with Crippen molar-refractivity contribution in [3.8, 4) is 28.7 Å². The van der Waals surface area contributed by atoms with Crippen molar-refractivity contribution in [1.82, 2.24) is 4.57 Å². The quantitative estimate of drug-likeness (QED) is 0.644. The molecule has 0 fully saturated rings. The van der Waals surface area contributed by atoms with E-state index in [1.165, 1.54) is 21.3 Å². The molecule has 0 bridgehead atoms. The first kappa shape index (κ1) is 17.1. The normalized spacial score (nSPS) is 12.3. The third-order valence-corrected chi connectivity index (χ3v) is 4.66. The van der Waals surface area contributed by atoms with Crippen LogP contribution in [0.1, 0.15) is 15.9 Å². The molecular formula is C20H19NO6. The summed E-state index contributed by atoms with van der Waals surface area (Å²) in [5, 5.41) is 0.792. The molecule has 0 atom stereocenters. The highest BCUT2D eigenvalue weighted by molar-refractivity contribution is 6.17. The van der Waals surface area contributed by atoms with Gasteiger partial charge in [-0.05, 0) is 18.2 Å². The number of carbonyl (C=O) groups is 1. The van der Waals surface area contributed by atoms with E-state index in [9.17, 15) is 4.79 Å². The molecule has 4 rings (SSSR count). The van der Waals surface area contributed by atoms with Crippen LogP contribution in [0.25, 0.3) is 10.9 Å². The van der Waals surface area contributed by atoms with Crippen LogP contribution < -0.4 is 23.7 Å². The van der Waals surface area contributed by atoms with Crippen molar-refractivity contribution >= 4 is 16.7 Å². The summed E-state index contributed by atoms with van der Waals surface area (Å²) in [5.41, 5.74) is 1.88. The number of fused-ring (bicyclic) bond motifs is 2. The predicted molar refractivity (Wildman–Crippen MR) is 98.6 cm³/mol. The van der Waals surface area contributed by atoms with Crippen LogP contribution in [-0.2, 0) is 7.05 Å². The molecule has 0 amide bonds. The summed E-state index contributed by atoms with van der Waals surface area (Å²) in [6, 6.07) is 7.01. The molecular weight excluding hydrogens is 350 g/mol. The zero-order chi connectivity index (χ0) is 19.1. The Hall–Kier alpha value is -3.35. The molecule has 2 aromatic carbocycles. The van der Waals surface area contributed by atoms with Crippen molar-refractivity contribution in [3.05, 3.63) is 41.6 Å². The van der Waals surface area contributed by atoms with E-state index < -0.39 is 0 Å². The van der Waals surface area contributed by atoms with Crippen molar-refractivity contribution < 1.29 is 28.5 Å². The van der Waals surface area contributed by atoms with Gasteiger partial charge in [-0.2, -0.15) is 0 Å². The van der Waals surface area contributed by atoms with E-state index in [1.807, 2.05) is 23.7 Å². The summed E-state index contributed by atoms with van der Waals surface area (Å²) in [6.07, 6.45) is 1.80. The molecule has 140 valence electrons. The van der Waals surface area contributed by atoms with Crippen LogP contribution in [0.3, 0.4) is 0 Å². The van der Waals surface area contributed by atoms with E-state index in [4.69, 9.17) is 23.7 Å². The van der Waals surface area contributed by atoms with Crippen LogP contribution in [0.2, 0.25) is 0 Å². The second-order valence-corrected chi connectivity index (χ2v) is 6.12. The lowest BCUT2D eigenvalue weighted by Crippen LogP contribution is -2.04. The minimum absolute atomic E-state index is 0.154. The number of ether oxygens (including phenoxy) is 5. The Morgan fingerprint density at radius 1 is 0.963 bits per heavy atom. The first-order valence-electron chi connectivity index (χ1n) is 8.30. The molecule has 0 unspecified atom stereocenters. The molecule has 7 heteroatoms. The smallest absolute Gasteiger partial charge is 0.231 e.